The van der Waals surface area contributed by atoms with E-state index in [-0.39, 0.29) is 12.5 Å². The summed E-state index contributed by atoms with van der Waals surface area (Å²) in [7, 11) is -0.207. The van der Waals surface area contributed by atoms with Crippen LogP contribution in [0.1, 0.15) is 13.8 Å². The molecule has 3 rings (SSSR count). The quantitative estimate of drug-likeness (QED) is 0.782. The van der Waals surface area contributed by atoms with Crippen molar-refractivity contribution in [2.24, 2.45) is 5.41 Å². The van der Waals surface area contributed by atoms with E-state index in [1.165, 1.54) is 10.4 Å². The van der Waals surface area contributed by atoms with Gasteiger partial charge in [0.2, 0.25) is 0 Å². The van der Waals surface area contributed by atoms with Crippen molar-refractivity contribution in [3.05, 3.63) is 41.8 Å². The van der Waals surface area contributed by atoms with Gasteiger partial charge in [-0.05, 0) is 22.5 Å². The highest BCUT2D eigenvalue weighted by molar-refractivity contribution is 7.14. The summed E-state index contributed by atoms with van der Waals surface area (Å²) in [4.78, 5) is 1.26. The van der Waals surface area contributed by atoms with E-state index in [9.17, 15) is 0 Å². The minimum absolute atomic E-state index is 0.120. The van der Waals surface area contributed by atoms with Crippen LogP contribution in [-0.2, 0) is 9.31 Å². The molecule has 1 aromatic heterocycles. The molecule has 1 fully saturated rings. The summed E-state index contributed by atoms with van der Waals surface area (Å²) in [6, 6.07) is 12.6. The third kappa shape index (κ3) is 2.91. The van der Waals surface area contributed by atoms with E-state index in [0.29, 0.717) is 0 Å². The van der Waals surface area contributed by atoms with Gasteiger partial charge in [-0.15, -0.1) is 11.3 Å². The number of thiophene rings is 1. The third-order valence-electron chi connectivity index (χ3n) is 3.20. The zero-order valence-electron chi connectivity index (χ0n) is 11.3. The lowest BCUT2D eigenvalue weighted by Gasteiger charge is -2.32. The Balaban J connectivity index is 1.76. The summed E-state index contributed by atoms with van der Waals surface area (Å²) in [5.41, 5.74) is 2.49. The van der Waals surface area contributed by atoms with Crippen molar-refractivity contribution in [2.45, 2.75) is 13.8 Å². The number of hydrogen-bond acceptors (Lipinski definition) is 3. The molecular weight excluding hydrogens is 255 g/mol. The van der Waals surface area contributed by atoms with Crippen molar-refractivity contribution < 1.29 is 9.31 Å². The van der Waals surface area contributed by atoms with Gasteiger partial charge >= 0.3 is 7.12 Å². The summed E-state index contributed by atoms with van der Waals surface area (Å²) in [6.07, 6.45) is 0. The molecule has 4 heteroatoms. The van der Waals surface area contributed by atoms with Gasteiger partial charge in [0.25, 0.3) is 0 Å². The minimum atomic E-state index is -0.207. The van der Waals surface area contributed by atoms with E-state index in [1.54, 1.807) is 11.3 Å². The highest BCUT2D eigenvalue weighted by atomic mass is 32.1. The Labute approximate surface area is 118 Å². The Kier molecular flexibility index (Phi) is 3.48. The van der Waals surface area contributed by atoms with E-state index >= 15 is 0 Å². The van der Waals surface area contributed by atoms with E-state index in [0.717, 1.165) is 18.7 Å². The van der Waals surface area contributed by atoms with Crippen LogP contribution in [0.2, 0.25) is 0 Å². The second kappa shape index (κ2) is 5.12. The molecule has 0 bridgehead atoms. The third-order valence-corrected chi connectivity index (χ3v) is 4.20. The fourth-order valence-electron chi connectivity index (χ4n) is 2.11. The largest absolute Gasteiger partial charge is 0.494 e. The van der Waals surface area contributed by atoms with Crippen LogP contribution in [0.5, 0.6) is 0 Å². The normalized spacial score (nSPS) is 18.5. The second-order valence-electron chi connectivity index (χ2n) is 5.73. The molecule has 0 radical (unpaired) electrons. The molecule has 2 heterocycles. The van der Waals surface area contributed by atoms with Crippen LogP contribution in [0.15, 0.2) is 41.8 Å². The first-order chi connectivity index (χ1) is 9.14. The lowest BCUT2D eigenvalue weighted by Crippen LogP contribution is -2.46. The lowest BCUT2D eigenvalue weighted by atomic mass is 9.77. The van der Waals surface area contributed by atoms with Crippen LogP contribution >= 0.6 is 11.3 Å². The average molecular weight is 272 g/mol. The topological polar surface area (TPSA) is 18.5 Å². The SMILES string of the molecule is CC1(C)COB(c2csc(-c3ccccc3)c2)OC1. The van der Waals surface area contributed by atoms with Crippen molar-refractivity contribution in [1.82, 2.24) is 0 Å². The maximum absolute atomic E-state index is 5.81. The molecule has 1 saturated heterocycles. The predicted octanol–water partition coefficient (Wildman–Crippen LogP) is 3.18. The number of rotatable bonds is 2. The summed E-state index contributed by atoms with van der Waals surface area (Å²) in [5, 5.41) is 2.13. The van der Waals surface area contributed by atoms with E-state index in [1.807, 2.05) is 6.07 Å². The molecule has 0 saturated carbocycles. The van der Waals surface area contributed by atoms with Crippen LogP contribution in [-0.4, -0.2) is 20.3 Å². The van der Waals surface area contributed by atoms with Gasteiger partial charge in [0.05, 0.1) is 0 Å². The van der Waals surface area contributed by atoms with Crippen LogP contribution in [0.25, 0.3) is 10.4 Å². The van der Waals surface area contributed by atoms with Gasteiger partial charge in [0, 0.05) is 23.5 Å². The van der Waals surface area contributed by atoms with Crippen molar-refractivity contribution in [3.63, 3.8) is 0 Å². The van der Waals surface area contributed by atoms with Gasteiger partial charge in [-0.1, -0.05) is 44.2 Å². The number of hydrogen-bond donors (Lipinski definition) is 0. The van der Waals surface area contributed by atoms with Gasteiger partial charge in [-0.3, -0.25) is 0 Å². The molecule has 1 aliphatic heterocycles. The van der Waals surface area contributed by atoms with Crippen molar-refractivity contribution in [2.75, 3.05) is 13.2 Å². The summed E-state index contributed by atoms with van der Waals surface area (Å²) in [5.74, 6) is 0. The average Bonchev–Trinajstić information content (AvgIpc) is 2.89. The Morgan fingerprint density at radius 3 is 2.47 bits per heavy atom. The summed E-state index contributed by atoms with van der Waals surface area (Å²) >= 11 is 1.74. The van der Waals surface area contributed by atoms with Gasteiger partial charge in [-0.25, -0.2) is 0 Å². The van der Waals surface area contributed by atoms with Gasteiger partial charge < -0.3 is 9.31 Å². The minimum Gasteiger partial charge on any atom is -0.407 e. The first-order valence-corrected chi connectivity index (χ1v) is 7.39. The van der Waals surface area contributed by atoms with Crippen LogP contribution in [0, 0.1) is 5.41 Å². The molecule has 1 aromatic carbocycles. The molecular formula is C15H17BO2S. The van der Waals surface area contributed by atoms with E-state index in [2.05, 4.69) is 49.6 Å². The molecule has 19 heavy (non-hydrogen) atoms. The second-order valence-corrected chi connectivity index (χ2v) is 6.64. The monoisotopic (exact) mass is 272 g/mol. The summed E-state index contributed by atoms with van der Waals surface area (Å²) in [6.45, 7) is 5.81. The molecule has 0 atom stereocenters. The Morgan fingerprint density at radius 1 is 1.11 bits per heavy atom. The predicted molar refractivity (Wildman–Crippen MR) is 80.8 cm³/mol. The molecule has 0 aliphatic carbocycles. The molecule has 98 valence electrons. The van der Waals surface area contributed by atoms with E-state index in [4.69, 9.17) is 9.31 Å². The fraction of sp³-hybridized carbons (Fsp3) is 0.333. The molecule has 2 aromatic rings. The van der Waals surface area contributed by atoms with Crippen molar-refractivity contribution in [3.8, 4) is 10.4 Å². The molecule has 0 N–H and O–H groups in total. The molecule has 1 aliphatic rings. The fourth-order valence-corrected chi connectivity index (χ4v) is 3.03. The Morgan fingerprint density at radius 2 is 1.79 bits per heavy atom. The van der Waals surface area contributed by atoms with E-state index < -0.39 is 0 Å². The molecule has 2 nitrogen and oxygen atoms in total. The zero-order chi connectivity index (χ0) is 13.3. The van der Waals surface area contributed by atoms with Crippen molar-refractivity contribution in [1.29, 1.82) is 0 Å². The van der Waals surface area contributed by atoms with Crippen LogP contribution < -0.4 is 5.46 Å². The van der Waals surface area contributed by atoms with Gasteiger partial charge in [0.1, 0.15) is 0 Å². The Bertz CT molecular complexity index is 540. The first-order valence-electron chi connectivity index (χ1n) is 6.51. The van der Waals surface area contributed by atoms with Gasteiger partial charge in [-0.2, -0.15) is 0 Å². The maximum atomic E-state index is 5.81. The Hall–Kier alpha value is -1.10. The van der Waals surface area contributed by atoms with Crippen LogP contribution in [0.4, 0.5) is 0 Å². The standard InChI is InChI=1S/C15H17BO2S/c1-15(2)10-17-16(18-11-15)13-8-14(19-9-13)12-6-4-3-5-7-12/h3-9H,10-11H2,1-2H3. The number of benzene rings is 1. The molecule has 0 unspecified atom stereocenters. The highest BCUT2D eigenvalue weighted by Crippen LogP contribution is 2.26. The van der Waals surface area contributed by atoms with Gasteiger partial charge in [0.15, 0.2) is 0 Å². The first kappa shape index (κ1) is 12.9. The van der Waals surface area contributed by atoms with Crippen LogP contribution in [0.3, 0.4) is 0 Å². The smallest absolute Gasteiger partial charge is 0.407 e. The lowest BCUT2D eigenvalue weighted by molar-refractivity contribution is 0.0343. The molecule has 0 spiro atoms. The highest BCUT2D eigenvalue weighted by Gasteiger charge is 2.33. The molecule has 0 amide bonds. The summed E-state index contributed by atoms with van der Waals surface area (Å²) < 4.78 is 11.6. The maximum Gasteiger partial charge on any atom is 0.494 e. The zero-order valence-corrected chi connectivity index (χ0v) is 12.1. The van der Waals surface area contributed by atoms with Crippen molar-refractivity contribution >= 4 is 23.9 Å².